The topological polar surface area (TPSA) is 38.8 Å². The Morgan fingerprint density at radius 3 is 3.00 bits per heavy atom. The molecule has 5 heteroatoms. The van der Waals surface area contributed by atoms with Gasteiger partial charge in [0.25, 0.3) is 5.91 Å². The number of benzene rings is 1. The predicted octanol–water partition coefficient (Wildman–Crippen LogP) is 2.12. The van der Waals surface area contributed by atoms with Crippen molar-refractivity contribution in [1.29, 1.82) is 0 Å². The first-order chi connectivity index (χ1) is 8.78. The SMILES string of the molecule is O=C(c1ccc2c(c1)OCO2)N1CCC(CCl)C1. The normalized spacial score (nSPS) is 21.4. The van der Waals surface area contributed by atoms with Crippen LogP contribution in [-0.2, 0) is 0 Å². The molecule has 0 spiro atoms. The maximum Gasteiger partial charge on any atom is 0.254 e. The van der Waals surface area contributed by atoms with Crippen molar-refractivity contribution in [3.63, 3.8) is 0 Å². The van der Waals surface area contributed by atoms with E-state index in [2.05, 4.69) is 0 Å². The van der Waals surface area contributed by atoms with Crippen LogP contribution in [0.4, 0.5) is 0 Å². The Kier molecular flexibility index (Phi) is 3.04. The molecule has 1 unspecified atom stereocenters. The van der Waals surface area contributed by atoms with Gasteiger partial charge in [0.05, 0.1) is 0 Å². The van der Waals surface area contributed by atoms with E-state index < -0.39 is 0 Å². The zero-order valence-corrected chi connectivity index (χ0v) is 10.7. The number of ether oxygens (including phenoxy) is 2. The van der Waals surface area contributed by atoms with Gasteiger partial charge in [0.15, 0.2) is 11.5 Å². The minimum Gasteiger partial charge on any atom is -0.454 e. The minimum atomic E-state index is 0.0425. The third-order valence-electron chi connectivity index (χ3n) is 3.41. The van der Waals surface area contributed by atoms with Crippen LogP contribution in [0.25, 0.3) is 0 Å². The fraction of sp³-hybridized carbons (Fsp3) is 0.462. The summed E-state index contributed by atoms with van der Waals surface area (Å²) in [5, 5.41) is 0. The quantitative estimate of drug-likeness (QED) is 0.771. The van der Waals surface area contributed by atoms with Crippen LogP contribution in [0, 0.1) is 5.92 Å². The average Bonchev–Trinajstić information content (AvgIpc) is 3.05. The van der Waals surface area contributed by atoms with E-state index in [1.54, 1.807) is 18.2 Å². The summed E-state index contributed by atoms with van der Waals surface area (Å²) in [4.78, 5) is 14.1. The molecule has 0 radical (unpaired) electrons. The number of halogens is 1. The highest BCUT2D eigenvalue weighted by Gasteiger charge is 2.27. The molecule has 1 aromatic rings. The summed E-state index contributed by atoms with van der Waals surface area (Å²) < 4.78 is 10.5. The molecular formula is C13H14ClNO3. The number of rotatable bonds is 2. The van der Waals surface area contributed by atoms with E-state index in [4.69, 9.17) is 21.1 Å². The van der Waals surface area contributed by atoms with E-state index in [0.717, 1.165) is 19.5 Å². The lowest BCUT2D eigenvalue weighted by Crippen LogP contribution is -2.28. The minimum absolute atomic E-state index is 0.0425. The maximum atomic E-state index is 12.3. The van der Waals surface area contributed by atoms with Crippen LogP contribution in [-0.4, -0.2) is 36.6 Å². The third kappa shape index (κ3) is 2.01. The smallest absolute Gasteiger partial charge is 0.254 e. The Balaban J connectivity index is 1.77. The van der Waals surface area contributed by atoms with Gasteiger partial charge in [-0.15, -0.1) is 11.6 Å². The molecule has 3 rings (SSSR count). The molecule has 4 nitrogen and oxygen atoms in total. The molecule has 0 N–H and O–H groups in total. The summed E-state index contributed by atoms with van der Waals surface area (Å²) in [6.07, 6.45) is 0.986. The van der Waals surface area contributed by atoms with Crippen LogP contribution in [0.3, 0.4) is 0 Å². The first-order valence-corrected chi connectivity index (χ1v) is 6.56. The highest BCUT2D eigenvalue weighted by Crippen LogP contribution is 2.33. The largest absolute Gasteiger partial charge is 0.454 e. The van der Waals surface area contributed by atoms with Crippen molar-refractivity contribution in [2.24, 2.45) is 5.92 Å². The van der Waals surface area contributed by atoms with Gasteiger partial charge in [-0.05, 0) is 30.5 Å². The van der Waals surface area contributed by atoms with Crippen LogP contribution in [0.1, 0.15) is 16.8 Å². The Morgan fingerprint density at radius 2 is 2.22 bits per heavy atom. The lowest BCUT2D eigenvalue weighted by molar-refractivity contribution is 0.0788. The van der Waals surface area contributed by atoms with E-state index in [-0.39, 0.29) is 12.7 Å². The van der Waals surface area contributed by atoms with Crippen molar-refractivity contribution in [2.75, 3.05) is 25.8 Å². The zero-order chi connectivity index (χ0) is 12.5. The van der Waals surface area contributed by atoms with E-state index >= 15 is 0 Å². The standard InChI is InChI=1S/C13H14ClNO3/c14-6-9-3-4-15(7-9)13(16)10-1-2-11-12(5-10)18-8-17-11/h1-2,5,9H,3-4,6-8H2. The van der Waals surface area contributed by atoms with Crippen molar-refractivity contribution in [1.82, 2.24) is 4.90 Å². The van der Waals surface area contributed by atoms with Gasteiger partial charge in [0.2, 0.25) is 6.79 Å². The Labute approximate surface area is 110 Å². The molecule has 0 aliphatic carbocycles. The van der Waals surface area contributed by atoms with Crippen LogP contribution >= 0.6 is 11.6 Å². The second-order valence-corrected chi connectivity index (χ2v) is 4.94. The summed E-state index contributed by atoms with van der Waals surface area (Å²) in [5.74, 6) is 2.43. The molecule has 2 aliphatic rings. The van der Waals surface area contributed by atoms with Gasteiger partial charge in [-0.25, -0.2) is 0 Å². The van der Waals surface area contributed by atoms with Crippen LogP contribution in [0.5, 0.6) is 11.5 Å². The van der Waals surface area contributed by atoms with E-state index in [9.17, 15) is 4.79 Å². The van der Waals surface area contributed by atoms with Gasteiger partial charge in [-0.3, -0.25) is 4.79 Å². The number of carbonyl (C=O) groups is 1. The number of hydrogen-bond donors (Lipinski definition) is 0. The number of hydrogen-bond acceptors (Lipinski definition) is 3. The van der Waals surface area contributed by atoms with E-state index in [0.29, 0.717) is 28.9 Å². The third-order valence-corrected chi connectivity index (χ3v) is 3.85. The number of likely N-dealkylation sites (tertiary alicyclic amines) is 1. The van der Waals surface area contributed by atoms with E-state index in [1.165, 1.54) is 0 Å². The summed E-state index contributed by atoms with van der Waals surface area (Å²) in [6.45, 7) is 1.76. The van der Waals surface area contributed by atoms with Crippen molar-refractivity contribution < 1.29 is 14.3 Å². The summed E-state index contributed by atoms with van der Waals surface area (Å²) in [6, 6.07) is 5.31. The average molecular weight is 268 g/mol. The molecule has 1 aromatic carbocycles. The first-order valence-electron chi connectivity index (χ1n) is 6.03. The summed E-state index contributed by atoms with van der Waals surface area (Å²) in [7, 11) is 0. The van der Waals surface area contributed by atoms with Gasteiger partial charge in [0.1, 0.15) is 0 Å². The molecule has 0 saturated carbocycles. The molecule has 2 heterocycles. The summed E-state index contributed by atoms with van der Waals surface area (Å²) in [5.41, 5.74) is 0.648. The van der Waals surface area contributed by atoms with Gasteiger partial charge in [-0.1, -0.05) is 0 Å². The van der Waals surface area contributed by atoms with Gasteiger partial charge >= 0.3 is 0 Å². The fourth-order valence-electron chi connectivity index (χ4n) is 2.36. The van der Waals surface area contributed by atoms with Crippen molar-refractivity contribution in [3.05, 3.63) is 23.8 Å². The molecule has 1 amide bonds. The highest BCUT2D eigenvalue weighted by molar-refractivity contribution is 6.18. The number of alkyl halides is 1. The predicted molar refractivity (Wildman–Crippen MR) is 67.3 cm³/mol. The number of fused-ring (bicyclic) bond motifs is 1. The molecule has 1 fully saturated rings. The Hall–Kier alpha value is -1.42. The molecule has 0 aromatic heterocycles. The second-order valence-electron chi connectivity index (χ2n) is 4.63. The Morgan fingerprint density at radius 1 is 1.39 bits per heavy atom. The molecule has 0 bridgehead atoms. The van der Waals surface area contributed by atoms with Crippen molar-refractivity contribution in [3.8, 4) is 11.5 Å². The maximum absolute atomic E-state index is 12.3. The van der Waals surface area contributed by atoms with Gasteiger partial charge < -0.3 is 14.4 Å². The van der Waals surface area contributed by atoms with Crippen LogP contribution in [0.2, 0.25) is 0 Å². The Bertz CT molecular complexity index is 477. The molecule has 96 valence electrons. The van der Waals surface area contributed by atoms with E-state index in [1.807, 2.05) is 4.90 Å². The fourth-order valence-corrected chi connectivity index (χ4v) is 2.61. The van der Waals surface area contributed by atoms with Gasteiger partial charge in [-0.2, -0.15) is 0 Å². The lowest BCUT2D eigenvalue weighted by Gasteiger charge is -2.16. The number of carbonyl (C=O) groups excluding carboxylic acids is 1. The number of nitrogens with zero attached hydrogens (tertiary/aromatic N) is 1. The van der Waals surface area contributed by atoms with Gasteiger partial charge in [0, 0.05) is 24.5 Å². The molecule has 18 heavy (non-hydrogen) atoms. The van der Waals surface area contributed by atoms with Crippen LogP contribution < -0.4 is 9.47 Å². The summed E-state index contributed by atoms with van der Waals surface area (Å²) >= 11 is 5.83. The monoisotopic (exact) mass is 267 g/mol. The molecule has 1 saturated heterocycles. The highest BCUT2D eigenvalue weighted by atomic mass is 35.5. The second kappa shape index (κ2) is 4.69. The first kappa shape index (κ1) is 11.7. The number of amides is 1. The zero-order valence-electron chi connectivity index (χ0n) is 9.89. The molecule has 1 atom stereocenters. The van der Waals surface area contributed by atoms with Crippen LogP contribution in [0.15, 0.2) is 18.2 Å². The van der Waals surface area contributed by atoms with Crippen molar-refractivity contribution >= 4 is 17.5 Å². The molecule has 2 aliphatic heterocycles. The van der Waals surface area contributed by atoms with Crippen molar-refractivity contribution in [2.45, 2.75) is 6.42 Å². The lowest BCUT2D eigenvalue weighted by atomic mass is 10.1. The molecular weight excluding hydrogens is 254 g/mol.